The maximum atomic E-state index is 10.3. The van der Waals surface area contributed by atoms with Crippen LogP contribution >= 0.6 is 0 Å². The molecule has 3 nitrogen and oxygen atoms in total. The van der Waals surface area contributed by atoms with E-state index in [0.717, 1.165) is 43.6 Å². The molecule has 6 rings (SSSR count). The number of aliphatic hydroxyl groups excluding tert-OH is 1. The molecule has 0 aromatic carbocycles. The van der Waals surface area contributed by atoms with E-state index in [1.54, 1.807) is 5.57 Å². The van der Waals surface area contributed by atoms with Crippen LogP contribution in [0.2, 0.25) is 0 Å². The first-order valence-electron chi connectivity index (χ1n) is 13.0. The van der Waals surface area contributed by atoms with E-state index in [0.29, 0.717) is 34.7 Å². The number of hydrogen-bond acceptors (Lipinski definition) is 3. The van der Waals surface area contributed by atoms with Gasteiger partial charge in [0, 0.05) is 12.3 Å². The fraction of sp³-hybridized carbons (Fsp3) is 0.926. The van der Waals surface area contributed by atoms with Crippen molar-refractivity contribution >= 4 is 0 Å². The minimum atomic E-state index is -0.294. The molecule has 168 valence electrons. The summed E-state index contributed by atoms with van der Waals surface area (Å²) in [6, 6.07) is 0. The summed E-state index contributed by atoms with van der Waals surface area (Å²) in [4.78, 5) is 0. The van der Waals surface area contributed by atoms with Gasteiger partial charge in [0.25, 0.3) is 0 Å². The van der Waals surface area contributed by atoms with E-state index in [1.807, 2.05) is 0 Å². The molecule has 2 heterocycles. The van der Waals surface area contributed by atoms with Crippen LogP contribution < -0.4 is 0 Å². The average Bonchev–Trinajstić information content (AvgIpc) is 3.16. The number of fused-ring (bicyclic) bond motifs is 7. The fourth-order valence-corrected chi connectivity index (χ4v) is 9.66. The Kier molecular flexibility index (Phi) is 4.44. The highest BCUT2D eigenvalue weighted by molar-refractivity contribution is 5.26. The quantitative estimate of drug-likeness (QED) is 0.516. The molecule has 30 heavy (non-hydrogen) atoms. The number of rotatable bonds is 0. The second-order valence-corrected chi connectivity index (χ2v) is 12.7. The molecular weight excluding hydrogens is 372 g/mol. The molecule has 0 unspecified atom stereocenters. The maximum Gasteiger partial charge on any atom is 0.171 e. The van der Waals surface area contributed by atoms with Crippen molar-refractivity contribution in [3.63, 3.8) is 0 Å². The van der Waals surface area contributed by atoms with Gasteiger partial charge in [0.1, 0.15) is 0 Å². The zero-order valence-electron chi connectivity index (χ0n) is 19.5. The van der Waals surface area contributed by atoms with Crippen LogP contribution in [0, 0.1) is 46.3 Å². The summed E-state index contributed by atoms with van der Waals surface area (Å²) in [5, 5.41) is 10.3. The number of hydrogen-bond donors (Lipinski definition) is 1. The van der Waals surface area contributed by atoms with E-state index in [-0.39, 0.29) is 11.9 Å². The second-order valence-electron chi connectivity index (χ2n) is 12.7. The van der Waals surface area contributed by atoms with Crippen molar-refractivity contribution in [1.29, 1.82) is 0 Å². The first-order chi connectivity index (χ1) is 14.3. The summed E-state index contributed by atoms with van der Waals surface area (Å²) in [5.41, 5.74) is 2.31. The fourth-order valence-electron chi connectivity index (χ4n) is 9.66. The predicted octanol–water partition coefficient (Wildman–Crippen LogP) is 5.71. The molecule has 0 bridgehead atoms. The molecule has 2 saturated heterocycles. The van der Waals surface area contributed by atoms with E-state index in [4.69, 9.17) is 9.47 Å². The van der Waals surface area contributed by atoms with Gasteiger partial charge >= 0.3 is 0 Å². The van der Waals surface area contributed by atoms with Crippen LogP contribution in [0.15, 0.2) is 11.6 Å². The van der Waals surface area contributed by atoms with Crippen molar-refractivity contribution in [2.75, 3.05) is 6.61 Å². The van der Waals surface area contributed by atoms with Crippen LogP contribution in [0.5, 0.6) is 0 Å². The molecule has 3 saturated carbocycles. The molecule has 5 fully saturated rings. The first kappa shape index (κ1) is 20.2. The van der Waals surface area contributed by atoms with Gasteiger partial charge in [-0.25, -0.2) is 0 Å². The lowest BCUT2D eigenvalue weighted by Crippen LogP contribution is -2.52. The van der Waals surface area contributed by atoms with Crippen molar-refractivity contribution in [1.82, 2.24) is 0 Å². The van der Waals surface area contributed by atoms with Gasteiger partial charge in [-0.15, -0.1) is 0 Å². The standard InChI is InChI=1S/C27H42O3/c1-16-7-12-27(29-15-16)17(2)24-23(30-27)14-22-20-6-5-18-13-19(28)8-10-25(18,3)21(20)9-11-26(22,24)4/h5,16-17,19-24,28H,6-15H2,1-4H3/t16-,17-,19+,20-,21+,22+,23+,24+,25+,26+,27-/m1/s1. The molecule has 0 radical (unpaired) electrons. The maximum absolute atomic E-state index is 10.3. The normalized spacial score (nSPS) is 59.8. The topological polar surface area (TPSA) is 38.7 Å². The van der Waals surface area contributed by atoms with Gasteiger partial charge in [-0.05, 0) is 91.8 Å². The minimum Gasteiger partial charge on any atom is -0.393 e. The van der Waals surface area contributed by atoms with E-state index in [1.165, 1.54) is 38.5 Å². The van der Waals surface area contributed by atoms with E-state index >= 15 is 0 Å². The van der Waals surface area contributed by atoms with Gasteiger partial charge in [-0.1, -0.05) is 39.3 Å². The molecule has 11 atom stereocenters. The van der Waals surface area contributed by atoms with Crippen LogP contribution in [-0.2, 0) is 9.47 Å². The lowest BCUT2D eigenvalue weighted by atomic mass is 9.47. The Morgan fingerprint density at radius 1 is 1.03 bits per heavy atom. The highest BCUT2D eigenvalue weighted by atomic mass is 16.7. The lowest BCUT2D eigenvalue weighted by molar-refractivity contribution is -0.272. The average molecular weight is 415 g/mol. The Hall–Kier alpha value is -0.380. The van der Waals surface area contributed by atoms with Gasteiger partial charge in [-0.2, -0.15) is 0 Å². The Morgan fingerprint density at radius 3 is 2.63 bits per heavy atom. The van der Waals surface area contributed by atoms with Gasteiger partial charge < -0.3 is 14.6 Å². The smallest absolute Gasteiger partial charge is 0.171 e. The Morgan fingerprint density at radius 2 is 1.87 bits per heavy atom. The number of allylic oxidation sites excluding steroid dienone is 1. The van der Waals surface area contributed by atoms with Gasteiger partial charge in [0.15, 0.2) is 5.79 Å². The third-order valence-corrected chi connectivity index (χ3v) is 11.3. The van der Waals surface area contributed by atoms with Crippen molar-refractivity contribution in [3.8, 4) is 0 Å². The zero-order chi connectivity index (χ0) is 20.9. The molecule has 1 spiro atoms. The van der Waals surface area contributed by atoms with Crippen LogP contribution in [0.1, 0.15) is 85.5 Å². The SMILES string of the molecule is C[C@@H]1CC[C@@]2(OC1)O[C@H]1C[C@H]3[C@@H]4CC=C5C[C@@H](O)CC[C@]5(C)[C@H]4CC[C@]3(C)[C@H]1[C@H]2C. The predicted molar refractivity (Wildman–Crippen MR) is 118 cm³/mol. The molecule has 0 aromatic heterocycles. The van der Waals surface area contributed by atoms with Crippen LogP contribution in [0.3, 0.4) is 0 Å². The second kappa shape index (κ2) is 6.58. The van der Waals surface area contributed by atoms with E-state index < -0.39 is 0 Å². The number of ether oxygens (including phenoxy) is 2. The monoisotopic (exact) mass is 414 g/mol. The minimum absolute atomic E-state index is 0.107. The van der Waals surface area contributed by atoms with Crippen molar-refractivity contribution in [3.05, 3.63) is 11.6 Å². The van der Waals surface area contributed by atoms with Crippen LogP contribution in [-0.4, -0.2) is 29.7 Å². The van der Waals surface area contributed by atoms with Gasteiger partial charge in [0.2, 0.25) is 0 Å². The summed E-state index contributed by atoms with van der Waals surface area (Å²) in [5.74, 6) is 3.94. The Bertz CT molecular complexity index is 736. The highest BCUT2D eigenvalue weighted by Crippen LogP contribution is 2.70. The summed E-state index contributed by atoms with van der Waals surface area (Å²) in [6.07, 6.45) is 13.5. The number of aliphatic hydroxyl groups is 1. The third-order valence-electron chi connectivity index (χ3n) is 11.3. The van der Waals surface area contributed by atoms with Gasteiger partial charge in [0.05, 0.1) is 18.8 Å². The van der Waals surface area contributed by atoms with Crippen molar-refractivity contribution in [2.45, 2.75) is 103 Å². The van der Waals surface area contributed by atoms with Crippen molar-refractivity contribution < 1.29 is 14.6 Å². The largest absolute Gasteiger partial charge is 0.393 e. The zero-order valence-corrected chi connectivity index (χ0v) is 19.5. The first-order valence-corrected chi connectivity index (χ1v) is 13.0. The molecule has 6 aliphatic rings. The molecule has 3 heteroatoms. The highest BCUT2D eigenvalue weighted by Gasteiger charge is 2.68. The third kappa shape index (κ3) is 2.55. The van der Waals surface area contributed by atoms with Crippen LogP contribution in [0.25, 0.3) is 0 Å². The molecule has 2 aliphatic heterocycles. The molecule has 4 aliphatic carbocycles. The lowest BCUT2D eigenvalue weighted by Gasteiger charge is -2.58. The van der Waals surface area contributed by atoms with Crippen LogP contribution in [0.4, 0.5) is 0 Å². The van der Waals surface area contributed by atoms with Gasteiger partial charge in [-0.3, -0.25) is 0 Å². The van der Waals surface area contributed by atoms with E-state index in [2.05, 4.69) is 33.8 Å². The Labute approximate surface area is 183 Å². The molecule has 1 N–H and O–H groups in total. The Balaban J connectivity index is 1.28. The summed E-state index contributed by atoms with van der Waals surface area (Å²) in [7, 11) is 0. The summed E-state index contributed by atoms with van der Waals surface area (Å²) in [6.45, 7) is 10.8. The summed E-state index contributed by atoms with van der Waals surface area (Å²) < 4.78 is 13.3. The molecule has 0 aromatic rings. The van der Waals surface area contributed by atoms with E-state index in [9.17, 15) is 5.11 Å². The molecular formula is C27H42O3. The van der Waals surface area contributed by atoms with Crippen molar-refractivity contribution in [2.24, 2.45) is 46.3 Å². The molecule has 0 amide bonds. The summed E-state index contributed by atoms with van der Waals surface area (Å²) >= 11 is 0.